The van der Waals surface area contributed by atoms with E-state index in [-0.39, 0.29) is 10.7 Å². The molecular formula is C24H32NO5PS2. The van der Waals surface area contributed by atoms with Crippen LogP contribution in [0.2, 0.25) is 0 Å². The van der Waals surface area contributed by atoms with Crippen LogP contribution in [0.1, 0.15) is 53.4 Å². The largest absolute Gasteiger partial charge is 0.456 e. The Morgan fingerprint density at radius 1 is 1.15 bits per heavy atom. The summed E-state index contributed by atoms with van der Waals surface area (Å²) in [6.07, 6.45) is 3.92. The molecule has 0 amide bonds. The monoisotopic (exact) mass is 509 g/mol. The highest BCUT2D eigenvalue weighted by atomic mass is 32.7. The molecule has 1 N–H and O–H groups in total. The zero-order valence-electron chi connectivity index (χ0n) is 19.6. The van der Waals surface area contributed by atoms with Crippen molar-refractivity contribution >= 4 is 50.8 Å². The summed E-state index contributed by atoms with van der Waals surface area (Å²) in [5.41, 5.74) is 0.532. The summed E-state index contributed by atoms with van der Waals surface area (Å²) < 4.78 is 38.1. The molecule has 2 aromatic carbocycles. The lowest BCUT2D eigenvalue weighted by Gasteiger charge is -2.22. The van der Waals surface area contributed by atoms with Crippen LogP contribution in [0.25, 0.3) is 21.9 Å². The Morgan fingerprint density at radius 2 is 1.94 bits per heavy atom. The molecule has 9 heteroatoms. The molecule has 0 aliphatic heterocycles. The fourth-order valence-electron chi connectivity index (χ4n) is 3.51. The van der Waals surface area contributed by atoms with E-state index < -0.39 is 17.5 Å². The molecule has 0 aliphatic carbocycles. The first kappa shape index (κ1) is 26.0. The van der Waals surface area contributed by atoms with E-state index in [1.54, 1.807) is 36.4 Å². The Hall–Kier alpha value is -1.60. The molecule has 6 nitrogen and oxygen atoms in total. The highest BCUT2D eigenvalue weighted by Gasteiger charge is 2.28. The molecule has 33 heavy (non-hydrogen) atoms. The molecule has 3 rings (SSSR count). The lowest BCUT2D eigenvalue weighted by atomic mass is 10.1. The van der Waals surface area contributed by atoms with Crippen LogP contribution in [0.4, 0.5) is 0 Å². The van der Waals surface area contributed by atoms with E-state index in [9.17, 15) is 13.6 Å². The summed E-state index contributed by atoms with van der Waals surface area (Å²) in [6, 6.07) is 10.0. The number of nitrogens with one attached hydrogen (secondary N) is 1. The SMILES string of the molecule is CCCCC(C)SP(=O)(NCCC)Oc1ccc2oc3cccc(S(=O)CC)c3c(=O)c2c1. The van der Waals surface area contributed by atoms with E-state index in [1.807, 2.05) is 13.8 Å². The predicted molar refractivity (Wildman–Crippen MR) is 140 cm³/mol. The minimum Gasteiger partial charge on any atom is -0.456 e. The molecule has 3 unspecified atom stereocenters. The van der Waals surface area contributed by atoms with Crippen LogP contribution < -0.4 is 15.0 Å². The Bertz CT molecular complexity index is 1240. The highest BCUT2D eigenvalue weighted by Crippen LogP contribution is 2.58. The molecule has 0 saturated carbocycles. The van der Waals surface area contributed by atoms with Crippen LogP contribution in [0.5, 0.6) is 5.75 Å². The topological polar surface area (TPSA) is 85.6 Å². The average molecular weight is 510 g/mol. The molecule has 1 heterocycles. The summed E-state index contributed by atoms with van der Waals surface area (Å²) in [5, 5.41) is 3.88. The van der Waals surface area contributed by atoms with Crippen LogP contribution in [0.3, 0.4) is 0 Å². The average Bonchev–Trinajstić information content (AvgIpc) is 2.81. The first-order valence-corrected chi connectivity index (χ1v) is 15.9. The minimum absolute atomic E-state index is 0.168. The normalized spacial score (nSPS) is 15.4. The standard InChI is InChI=1S/C24H32NO5PS2/c1-5-8-10-17(4)32-31(27,25-15-6-2)30-18-13-14-20-19(16-18)24(26)23-21(29-20)11-9-12-22(23)33(28)7-3/h9,11-14,16-17H,5-8,10,15H2,1-4H3,(H,25,27). The van der Waals surface area contributed by atoms with Gasteiger partial charge in [-0.3, -0.25) is 9.00 Å². The Labute approximate surface area is 201 Å². The second-order valence-electron chi connectivity index (χ2n) is 7.91. The zero-order valence-corrected chi connectivity index (χ0v) is 22.1. The maximum atomic E-state index is 13.6. The lowest BCUT2D eigenvalue weighted by Crippen LogP contribution is -2.15. The van der Waals surface area contributed by atoms with Crippen molar-refractivity contribution in [2.45, 2.75) is 63.5 Å². The van der Waals surface area contributed by atoms with E-state index in [4.69, 9.17) is 8.94 Å². The summed E-state index contributed by atoms with van der Waals surface area (Å²) in [6.45, 7) is 5.33. The van der Waals surface area contributed by atoms with E-state index in [0.717, 1.165) is 25.7 Å². The van der Waals surface area contributed by atoms with Gasteiger partial charge in [0, 0.05) is 17.5 Å². The maximum Gasteiger partial charge on any atom is 0.374 e. The smallest absolute Gasteiger partial charge is 0.374 e. The number of fused-ring (bicyclic) bond motifs is 2. The van der Waals surface area contributed by atoms with Crippen molar-refractivity contribution in [3.05, 3.63) is 46.6 Å². The molecule has 180 valence electrons. The molecular weight excluding hydrogens is 477 g/mol. The number of hydrogen-bond donors (Lipinski definition) is 1. The van der Waals surface area contributed by atoms with Crippen molar-refractivity contribution in [3.63, 3.8) is 0 Å². The molecule has 0 saturated heterocycles. The summed E-state index contributed by atoms with van der Waals surface area (Å²) in [4.78, 5) is 13.8. The van der Waals surface area contributed by atoms with E-state index >= 15 is 0 Å². The number of hydrogen-bond acceptors (Lipinski definition) is 6. The van der Waals surface area contributed by atoms with Crippen LogP contribution in [-0.4, -0.2) is 21.8 Å². The molecule has 0 bridgehead atoms. The van der Waals surface area contributed by atoms with Gasteiger partial charge in [-0.1, -0.05) is 46.6 Å². The second kappa shape index (κ2) is 11.7. The Balaban J connectivity index is 2.02. The zero-order chi connectivity index (χ0) is 24.0. The van der Waals surface area contributed by atoms with Gasteiger partial charge in [0.15, 0.2) is 0 Å². The molecule has 0 radical (unpaired) electrons. The molecule has 3 aromatic rings. The van der Waals surface area contributed by atoms with Gasteiger partial charge in [-0.2, -0.15) is 0 Å². The van der Waals surface area contributed by atoms with E-state index in [1.165, 1.54) is 11.4 Å². The fraction of sp³-hybridized carbons (Fsp3) is 0.458. The number of rotatable bonds is 12. The number of unbranched alkanes of at least 4 members (excludes halogenated alkanes) is 1. The van der Waals surface area contributed by atoms with Crippen LogP contribution in [0.15, 0.2) is 50.5 Å². The van der Waals surface area contributed by atoms with Crippen molar-refractivity contribution in [2.24, 2.45) is 0 Å². The summed E-state index contributed by atoms with van der Waals surface area (Å²) in [5.74, 6) is 0.741. The van der Waals surface area contributed by atoms with Gasteiger partial charge in [0.25, 0.3) is 0 Å². The van der Waals surface area contributed by atoms with Gasteiger partial charge in [0.2, 0.25) is 5.43 Å². The molecule has 3 atom stereocenters. The quantitative estimate of drug-likeness (QED) is 0.211. The minimum atomic E-state index is -3.24. The fourth-order valence-corrected chi connectivity index (χ4v) is 8.91. The van der Waals surface area contributed by atoms with Gasteiger partial charge < -0.3 is 8.94 Å². The predicted octanol–water partition coefficient (Wildman–Crippen LogP) is 6.87. The highest BCUT2D eigenvalue weighted by molar-refractivity contribution is 8.56. The first-order chi connectivity index (χ1) is 15.8. The van der Waals surface area contributed by atoms with Crippen LogP contribution >= 0.6 is 18.1 Å². The third kappa shape index (κ3) is 6.30. The lowest BCUT2D eigenvalue weighted by molar-refractivity contribution is 0.485. The van der Waals surface area contributed by atoms with Crippen molar-refractivity contribution in [1.29, 1.82) is 0 Å². The Morgan fingerprint density at radius 3 is 2.64 bits per heavy atom. The molecule has 0 spiro atoms. The molecule has 1 aromatic heterocycles. The van der Waals surface area contributed by atoms with Gasteiger partial charge in [-0.05, 0) is 54.6 Å². The van der Waals surface area contributed by atoms with Gasteiger partial charge >= 0.3 is 6.72 Å². The van der Waals surface area contributed by atoms with Gasteiger partial charge in [-0.15, -0.1) is 0 Å². The summed E-state index contributed by atoms with van der Waals surface area (Å²) >= 11 is 1.32. The maximum absolute atomic E-state index is 13.6. The molecule has 0 fully saturated rings. The van der Waals surface area contributed by atoms with E-state index in [2.05, 4.69) is 18.9 Å². The van der Waals surface area contributed by atoms with Crippen LogP contribution in [-0.2, 0) is 15.4 Å². The van der Waals surface area contributed by atoms with Crippen molar-refractivity contribution in [3.8, 4) is 5.75 Å². The van der Waals surface area contributed by atoms with Crippen molar-refractivity contribution in [1.82, 2.24) is 5.09 Å². The van der Waals surface area contributed by atoms with Gasteiger partial charge in [0.05, 0.1) is 26.5 Å². The second-order valence-corrected chi connectivity index (χ2v) is 14.2. The van der Waals surface area contributed by atoms with E-state index in [0.29, 0.717) is 44.9 Å². The third-order valence-electron chi connectivity index (χ3n) is 5.20. The van der Waals surface area contributed by atoms with Gasteiger partial charge in [0.1, 0.15) is 16.9 Å². The van der Waals surface area contributed by atoms with Crippen LogP contribution in [0, 0.1) is 0 Å². The number of benzene rings is 2. The van der Waals surface area contributed by atoms with Crippen molar-refractivity contribution in [2.75, 3.05) is 12.3 Å². The summed E-state index contributed by atoms with van der Waals surface area (Å²) in [7, 11) is -1.30. The third-order valence-corrected chi connectivity index (χ3v) is 11.0. The molecule has 0 aliphatic rings. The first-order valence-electron chi connectivity index (χ1n) is 11.4. The van der Waals surface area contributed by atoms with Crippen molar-refractivity contribution < 1.29 is 17.7 Å². The Kier molecular flexibility index (Phi) is 9.22. The van der Waals surface area contributed by atoms with Gasteiger partial charge in [-0.25, -0.2) is 9.65 Å².